The minimum atomic E-state index is -0.223. The van der Waals surface area contributed by atoms with Gasteiger partial charge >= 0.3 is 5.97 Å². The van der Waals surface area contributed by atoms with E-state index in [9.17, 15) is 4.79 Å². The van der Waals surface area contributed by atoms with Crippen molar-refractivity contribution in [2.75, 3.05) is 6.61 Å². The molecule has 0 radical (unpaired) electrons. The van der Waals surface area contributed by atoms with Crippen LogP contribution < -0.4 is 0 Å². The van der Waals surface area contributed by atoms with Crippen LogP contribution in [-0.4, -0.2) is 12.6 Å². The zero-order chi connectivity index (χ0) is 10.8. The van der Waals surface area contributed by atoms with Gasteiger partial charge in [0.2, 0.25) is 0 Å². The molecule has 2 nitrogen and oxygen atoms in total. The third kappa shape index (κ3) is 2.01. The molecule has 0 saturated heterocycles. The predicted octanol–water partition coefficient (Wildman–Crippen LogP) is 3.68. The number of hydrogen-bond acceptors (Lipinski definition) is 3. The van der Waals surface area contributed by atoms with Gasteiger partial charge in [-0.25, -0.2) is 4.79 Å². The first-order chi connectivity index (χ1) is 7.24. The normalized spacial score (nSPS) is 10.5. The van der Waals surface area contributed by atoms with Crippen LogP contribution in [0.25, 0.3) is 10.1 Å². The lowest BCUT2D eigenvalue weighted by Crippen LogP contribution is -2.04. The van der Waals surface area contributed by atoms with Crippen LogP contribution in [0.2, 0.25) is 0 Å². The van der Waals surface area contributed by atoms with Crippen molar-refractivity contribution in [3.63, 3.8) is 0 Å². The van der Waals surface area contributed by atoms with Gasteiger partial charge in [0.05, 0.1) is 15.1 Å². The van der Waals surface area contributed by atoms with Gasteiger partial charge in [0, 0.05) is 10.1 Å². The first-order valence-corrected chi connectivity index (χ1v) is 6.47. The van der Waals surface area contributed by atoms with E-state index in [0.29, 0.717) is 12.2 Å². The summed E-state index contributed by atoms with van der Waals surface area (Å²) in [5.41, 5.74) is 0.707. The fourth-order valence-corrected chi connectivity index (χ4v) is 3.55. The lowest BCUT2D eigenvalue weighted by molar-refractivity contribution is 0.0528. The van der Waals surface area contributed by atoms with E-state index in [0.717, 1.165) is 13.0 Å². The van der Waals surface area contributed by atoms with Crippen LogP contribution >= 0.6 is 33.9 Å². The fraction of sp³-hybridized carbons (Fsp3) is 0.182. The topological polar surface area (TPSA) is 26.3 Å². The molecule has 1 aromatic carbocycles. The smallest absolute Gasteiger partial charge is 0.340 e. The molecule has 0 fully saturated rings. The lowest BCUT2D eigenvalue weighted by Gasteiger charge is -2.00. The minimum absolute atomic E-state index is 0.223. The third-order valence-electron chi connectivity index (χ3n) is 2.03. The summed E-state index contributed by atoms with van der Waals surface area (Å²) in [6.45, 7) is 2.23. The number of halogens is 1. The van der Waals surface area contributed by atoms with Crippen LogP contribution in [0, 0.1) is 2.88 Å². The largest absolute Gasteiger partial charge is 0.462 e. The Balaban J connectivity index is 2.58. The second-order valence-electron chi connectivity index (χ2n) is 2.97. The van der Waals surface area contributed by atoms with Gasteiger partial charge in [-0.3, -0.25) is 0 Å². The van der Waals surface area contributed by atoms with E-state index in [1.165, 1.54) is 0 Å². The van der Waals surface area contributed by atoms with Crippen LogP contribution in [0.3, 0.4) is 0 Å². The summed E-state index contributed by atoms with van der Waals surface area (Å²) < 4.78 is 7.16. The molecule has 15 heavy (non-hydrogen) atoms. The summed E-state index contributed by atoms with van der Waals surface area (Å²) in [7, 11) is 0. The number of carbonyl (C=O) groups excluding carboxylic acids is 1. The number of thiophene rings is 1. The van der Waals surface area contributed by atoms with E-state index in [4.69, 9.17) is 4.74 Å². The second-order valence-corrected chi connectivity index (χ2v) is 5.83. The Morgan fingerprint density at radius 3 is 2.93 bits per heavy atom. The van der Waals surface area contributed by atoms with Crippen molar-refractivity contribution < 1.29 is 9.53 Å². The van der Waals surface area contributed by atoms with Gasteiger partial charge in [0.15, 0.2) is 0 Å². The number of rotatable bonds is 2. The third-order valence-corrected chi connectivity index (χ3v) is 4.19. The highest BCUT2D eigenvalue weighted by Crippen LogP contribution is 2.32. The Kier molecular flexibility index (Phi) is 3.25. The summed E-state index contributed by atoms with van der Waals surface area (Å²) in [6, 6.07) is 7.89. The maximum Gasteiger partial charge on any atom is 0.340 e. The van der Waals surface area contributed by atoms with Gasteiger partial charge in [-0.2, -0.15) is 0 Å². The molecule has 0 amide bonds. The number of ether oxygens (including phenoxy) is 1. The van der Waals surface area contributed by atoms with Crippen LogP contribution in [0.15, 0.2) is 24.3 Å². The summed E-state index contributed by atoms with van der Waals surface area (Å²) in [4.78, 5) is 11.7. The quantitative estimate of drug-likeness (QED) is 0.619. The molecule has 4 heteroatoms. The Morgan fingerprint density at radius 2 is 2.20 bits per heavy atom. The first-order valence-electron chi connectivity index (χ1n) is 4.58. The molecule has 0 bridgehead atoms. The van der Waals surface area contributed by atoms with E-state index in [-0.39, 0.29) is 5.97 Å². The summed E-state index contributed by atoms with van der Waals surface area (Å²) in [5.74, 6) is -0.223. The predicted molar refractivity (Wildman–Crippen MR) is 70.5 cm³/mol. The number of fused-ring (bicyclic) bond motifs is 1. The van der Waals surface area contributed by atoms with Crippen molar-refractivity contribution in [3.05, 3.63) is 32.7 Å². The van der Waals surface area contributed by atoms with Crippen LogP contribution in [-0.2, 0) is 4.74 Å². The van der Waals surface area contributed by atoms with E-state index in [2.05, 4.69) is 22.6 Å². The highest BCUT2D eigenvalue weighted by Gasteiger charge is 2.17. The lowest BCUT2D eigenvalue weighted by atomic mass is 10.2. The molecular weight excluding hydrogens is 323 g/mol. The van der Waals surface area contributed by atoms with Gasteiger partial charge < -0.3 is 4.74 Å². The molecule has 0 aliphatic rings. The van der Waals surface area contributed by atoms with Crippen LogP contribution in [0.5, 0.6) is 0 Å². The van der Waals surface area contributed by atoms with Crippen molar-refractivity contribution in [2.24, 2.45) is 0 Å². The van der Waals surface area contributed by atoms with Crippen LogP contribution in [0.4, 0.5) is 0 Å². The highest BCUT2D eigenvalue weighted by atomic mass is 127. The molecule has 0 saturated carbocycles. The Bertz CT molecular complexity index is 504. The van der Waals surface area contributed by atoms with Crippen molar-refractivity contribution in [2.45, 2.75) is 6.92 Å². The van der Waals surface area contributed by atoms with Gasteiger partial charge in [-0.15, -0.1) is 11.3 Å². The molecule has 2 aromatic rings. The zero-order valence-electron chi connectivity index (χ0n) is 8.12. The molecule has 1 aromatic heterocycles. The molecule has 0 aliphatic carbocycles. The van der Waals surface area contributed by atoms with Gasteiger partial charge in [-0.1, -0.05) is 18.2 Å². The first kappa shape index (κ1) is 10.9. The SMILES string of the molecule is CCOC(=O)c1c(I)sc2ccccc12. The highest BCUT2D eigenvalue weighted by molar-refractivity contribution is 14.1. The zero-order valence-corrected chi connectivity index (χ0v) is 11.1. The minimum Gasteiger partial charge on any atom is -0.462 e. The Morgan fingerprint density at radius 1 is 1.47 bits per heavy atom. The molecule has 0 N–H and O–H groups in total. The van der Waals surface area contributed by atoms with E-state index in [1.807, 2.05) is 31.2 Å². The Labute approximate surface area is 105 Å². The molecule has 2 rings (SSSR count). The fourth-order valence-electron chi connectivity index (χ4n) is 1.41. The van der Waals surface area contributed by atoms with E-state index in [1.54, 1.807) is 11.3 Å². The van der Waals surface area contributed by atoms with E-state index >= 15 is 0 Å². The molecule has 0 atom stereocenters. The second kappa shape index (κ2) is 4.49. The van der Waals surface area contributed by atoms with Gasteiger partial charge in [0.1, 0.15) is 0 Å². The molecule has 0 unspecified atom stereocenters. The van der Waals surface area contributed by atoms with Gasteiger partial charge in [0.25, 0.3) is 0 Å². The van der Waals surface area contributed by atoms with E-state index < -0.39 is 0 Å². The number of benzene rings is 1. The maximum atomic E-state index is 11.7. The maximum absolute atomic E-state index is 11.7. The Hall–Kier alpha value is -0.620. The van der Waals surface area contributed by atoms with Crippen molar-refractivity contribution in [3.8, 4) is 0 Å². The van der Waals surface area contributed by atoms with Gasteiger partial charge in [-0.05, 0) is 35.6 Å². The average Bonchev–Trinajstić information content (AvgIpc) is 2.54. The van der Waals surface area contributed by atoms with Crippen molar-refractivity contribution in [1.82, 2.24) is 0 Å². The monoisotopic (exact) mass is 332 g/mol. The van der Waals surface area contributed by atoms with Crippen LogP contribution in [0.1, 0.15) is 17.3 Å². The molecule has 0 aliphatic heterocycles. The van der Waals surface area contributed by atoms with Crippen molar-refractivity contribution >= 4 is 50.0 Å². The summed E-state index contributed by atoms with van der Waals surface area (Å²) in [6.07, 6.45) is 0. The van der Waals surface area contributed by atoms with Crippen molar-refractivity contribution in [1.29, 1.82) is 0 Å². The summed E-state index contributed by atoms with van der Waals surface area (Å²) in [5, 5.41) is 0.991. The number of esters is 1. The average molecular weight is 332 g/mol. The number of carbonyl (C=O) groups is 1. The number of hydrogen-bond donors (Lipinski definition) is 0. The molecular formula is C11H9IO2S. The molecule has 0 spiro atoms. The standard InChI is InChI=1S/C11H9IO2S/c1-2-14-11(13)9-7-5-3-4-6-8(7)15-10(9)12/h3-6H,2H2,1H3. The molecule has 1 heterocycles. The molecule has 78 valence electrons. The summed E-state index contributed by atoms with van der Waals surface area (Å²) >= 11 is 3.80.